The molecule has 0 radical (unpaired) electrons. The van der Waals surface area contributed by atoms with Gasteiger partial charge in [-0.15, -0.1) is 13.2 Å². The van der Waals surface area contributed by atoms with E-state index in [1.807, 2.05) is 49.4 Å². The van der Waals surface area contributed by atoms with Crippen molar-refractivity contribution in [3.05, 3.63) is 83.4 Å². The molecule has 1 N–H and O–H groups in total. The van der Waals surface area contributed by atoms with Crippen LogP contribution in [-0.2, 0) is 11.2 Å². The number of halogens is 3. The third-order valence-electron chi connectivity index (χ3n) is 6.11. The van der Waals surface area contributed by atoms with Gasteiger partial charge < -0.3 is 14.6 Å². The Hall–Kier alpha value is -3.48. The van der Waals surface area contributed by atoms with Crippen LogP contribution in [0.3, 0.4) is 0 Å². The molecule has 3 aromatic carbocycles. The van der Waals surface area contributed by atoms with E-state index in [4.69, 9.17) is 9.84 Å². The Bertz CT molecular complexity index is 1160. The van der Waals surface area contributed by atoms with Gasteiger partial charge in [0.05, 0.1) is 6.42 Å². The molecular weight excluding hydrogens is 445 g/mol. The van der Waals surface area contributed by atoms with Crippen LogP contribution in [0.4, 0.5) is 13.2 Å². The van der Waals surface area contributed by atoms with Crippen molar-refractivity contribution in [2.45, 2.75) is 51.0 Å². The summed E-state index contributed by atoms with van der Waals surface area (Å²) in [5.74, 6) is -0.373. The highest BCUT2D eigenvalue weighted by Crippen LogP contribution is 2.38. The Balaban J connectivity index is 1.47. The minimum absolute atomic E-state index is 0.0304. The van der Waals surface area contributed by atoms with Crippen molar-refractivity contribution < 1.29 is 32.5 Å². The molecule has 0 saturated carbocycles. The molecule has 1 aliphatic carbocycles. The van der Waals surface area contributed by atoms with Gasteiger partial charge in [0.15, 0.2) is 0 Å². The third kappa shape index (κ3) is 5.71. The summed E-state index contributed by atoms with van der Waals surface area (Å²) in [6.45, 7) is 1.97. The highest BCUT2D eigenvalue weighted by atomic mass is 19.4. The number of carbonyl (C=O) groups is 1. The summed E-state index contributed by atoms with van der Waals surface area (Å²) in [4.78, 5) is 11.1. The minimum atomic E-state index is -4.73. The molecule has 1 unspecified atom stereocenters. The summed E-state index contributed by atoms with van der Waals surface area (Å²) >= 11 is 0. The van der Waals surface area contributed by atoms with Crippen molar-refractivity contribution in [1.29, 1.82) is 0 Å². The fraction of sp³-hybridized carbons (Fsp3) is 0.296. The zero-order valence-corrected chi connectivity index (χ0v) is 18.6. The maximum Gasteiger partial charge on any atom is 0.573 e. The van der Waals surface area contributed by atoms with Gasteiger partial charge in [0, 0.05) is 0 Å². The number of fused-ring (bicyclic) bond motifs is 1. The molecule has 0 aliphatic heterocycles. The number of carboxylic acid groups (broad SMARTS) is 1. The Kier molecular flexibility index (Phi) is 6.82. The van der Waals surface area contributed by atoms with Crippen LogP contribution in [0.15, 0.2) is 66.7 Å². The summed E-state index contributed by atoms with van der Waals surface area (Å²) in [7, 11) is 0. The summed E-state index contributed by atoms with van der Waals surface area (Å²) in [6, 6.07) is 19.4. The van der Waals surface area contributed by atoms with Crippen LogP contribution in [-0.4, -0.2) is 17.4 Å². The molecule has 0 saturated heterocycles. The van der Waals surface area contributed by atoms with Gasteiger partial charge in [0.2, 0.25) is 0 Å². The number of alkyl halides is 3. The second-order valence-corrected chi connectivity index (χ2v) is 8.41. The van der Waals surface area contributed by atoms with Gasteiger partial charge in [-0.25, -0.2) is 0 Å². The molecule has 0 fully saturated rings. The maximum atomic E-state index is 12.5. The van der Waals surface area contributed by atoms with E-state index in [-0.39, 0.29) is 24.2 Å². The van der Waals surface area contributed by atoms with E-state index in [2.05, 4.69) is 4.74 Å². The number of carboxylic acids is 1. The first-order chi connectivity index (χ1) is 16.2. The van der Waals surface area contributed by atoms with Crippen LogP contribution in [0.2, 0.25) is 0 Å². The Morgan fingerprint density at radius 3 is 2.44 bits per heavy atom. The largest absolute Gasteiger partial charge is 0.573 e. The normalized spacial score (nSPS) is 16.1. The molecule has 0 amide bonds. The van der Waals surface area contributed by atoms with Crippen molar-refractivity contribution >= 4 is 5.97 Å². The van der Waals surface area contributed by atoms with Crippen molar-refractivity contribution in [2.24, 2.45) is 0 Å². The third-order valence-corrected chi connectivity index (χ3v) is 6.11. The Labute approximate surface area is 196 Å². The Morgan fingerprint density at radius 2 is 1.76 bits per heavy atom. The van der Waals surface area contributed by atoms with Crippen molar-refractivity contribution in [3.63, 3.8) is 0 Å². The monoisotopic (exact) mass is 470 g/mol. The predicted octanol–water partition coefficient (Wildman–Crippen LogP) is 7.29. The summed E-state index contributed by atoms with van der Waals surface area (Å²) in [5, 5.41) is 9.09. The molecule has 0 spiro atoms. The number of benzene rings is 3. The van der Waals surface area contributed by atoms with Crippen LogP contribution in [0, 0.1) is 0 Å². The zero-order valence-electron chi connectivity index (χ0n) is 18.6. The van der Waals surface area contributed by atoms with E-state index >= 15 is 0 Å². The topological polar surface area (TPSA) is 55.8 Å². The highest BCUT2D eigenvalue weighted by Gasteiger charge is 2.31. The SMILES string of the molecule is CC[C@H](CC(=O)O)c1ccc(OC2CCc3cc(-c4cccc(OC(F)(F)F)c4)ccc32)cc1. The van der Waals surface area contributed by atoms with Gasteiger partial charge in [0.1, 0.15) is 17.6 Å². The lowest BCUT2D eigenvalue weighted by Crippen LogP contribution is -2.17. The molecule has 2 atom stereocenters. The predicted molar refractivity (Wildman–Crippen MR) is 122 cm³/mol. The number of ether oxygens (including phenoxy) is 2. The van der Waals surface area contributed by atoms with Crippen LogP contribution >= 0.6 is 0 Å². The molecule has 0 aromatic heterocycles. The van der Waals surface area contributed by atoms with E-state index in [0.29, 0.717) is 11.3 Å². The van der Waals surface area contributed by atoms with E-state index in [9.17, 15) is 18.0 Å². The number of hydrogen-bond donors (Lipinski definition) is 1. The van der Waals surface area contributed by atoms with Gasteiger partial charge in [-0.1, -0.05) is 49.4 Å². The van der Waals surface area contributed by atoms with Crippen molar-refractivity contribution in [3.8, 4) is 22.6 Å². The van der Waals surface area contributed by atoms with Crippen LogP contribution < -0.4 is 9.47 Å². The molecule has 4 rings (SSSR count). The highest BCUT2D eigenvalue weighted by molar-refractivity contribution is 5.68. The fourth-order valence-corrected chi connectivity index (χ4v) is 4.44. The standard InChI is InChI=1S/C27H25F3O4/c1-2-17(16-26(31)32)18-6-10-22(11-7-18)33-25-13-9-21-14-20(8-12-24(21)25)19-4-3-5-23(15-19)34-27(28,29)30/h3-8,10-12,14-15,17,25H,2,9,13,16H2,1H3,(H,31,32)/t17-,25?/m1/s1. The molecule has 0 heterocycles. The van der Waals surface area contributed by atoms with Crippen LogP contribution in [0.5, 0.6) is 11.5 Å². The smallest absolute Gasteiger partial charge is 0.486 e. The molecule has 0 bridgehead atoms. The lowest BCUT2D eigenvalue weighted by molar-refractivity contribution is -0.274. The van der Waals surface area contributed by atoms with E-state index < -0.39 is 12.3 Å². The molecular formula is C27H25F3O4. The van der Waals surface area contributed by atoms with Gasteiger partial charge in [-0.3, -0.25) is 4.79 Å². The number of rotatable bonds is 8. The summed E-state index contributed by atoms with van der Waals surface area (Å²) in [5.41, 5.74) is 4.61. The van der Waals surface area contributed by atoms with Crippen molar-refractivity contribution in [1.82, 2.24) is 0 Å². The lowest BCUT2D eigenvalue weighted by Gasteiger charge is -2.17. The first-order valence-electron chi connectivity index (χ1n) is 11.2. The first-order valence-corrected chi connectivity index (χ1v) is 11.2. The van der Waals surface area contributed by atoms with Crippen LogP contribution in [0.25, 0.3) is 11.1 Å². The van der Waals surface area contributed by atoms with Gasteiger partial charge >= 0.3 is 12.3 Å². The summed E-state index contributed by atoms with van der Waals surface area (Å²) in [6.07, 6.45) is -2.39. The van der Waals surface area contributed by atoms with Crippen molar-refractivity contribution in [2.75, 3.05) is 0 Å². The second kappa shape index (κ2) is 9.79. The average molecular weight is 470 g/mol. The lowest BCUT2D eigenvalue weighted by atomic mass is 9.93. The quantitative estimate of drug-likeness (QED) is 0.376. The van der Waals surface area contributed by atoms with Gasteiger partial charge in [-0.05, 0) is 77.3 Å². The average Bonchev–Trinajstić information content (AvgIpc) is 3.19. The Morgan fingerprint density at radius 1 is 1.03 bits per heavy atom. The molecule has 178 valence electrons. The maximum absolute atomic E-state index is 12.5. The molecule has 34 heavy (non-hydrogen) atoms. The van der Waals surface area contributed by atoms with Gasteiger partial charge in [-0.2, -0.15) is 0 Å². The molecule has 4 nitrogen and oxygen atoms in total. The second-order valence-electron chi connectivity index (χ2n) is 8.41. The zero-order chi connectivity index (χ0) is 24.3. The van der Waals surface area contributed by atoms with Gasteiger partial charge in [0.25, 0.3) is 0 Å². The number of aryl methyl sites for hydroxylation is 1. The van der Waals surface area contributed by atoms with E-state index in [0.717, 1.165) is 41.5 Å². The molecule has 7 heteroatoms. The summed E-state index contributed by atoms with van der Waals surface area (Å²) < 4.78 is 47.9. The number of aliphatic carboxylic acids is 1. The fourth-order valence-electron chi connectivity index (χ4n) is 4.44. The minimum Gasteiger partial charge on any atom is -0.486 e. The van der Waals surface area contributed by atoms with Crippen LogP contribution in [0.1, 0.15) is 54.9 Å². The molecule has 1 aliphatic rings. The van der Waals surface area contributed by atoms with E-state index in [1.54, 1.807) is 12.1 Å². The molecule has 3 aromatic rings. The van der Waals surface area contributed by atoms with E-state index in [1.165, 1.54) is 12.1 Å². The first kappa shape index (κ1) is 23.7. The number of hydrogen-bond acceptors (Lipinski definition) is 3.